The van der Waals surface area contributed by atoms with Crippen molar-refractivity contribution in [3.05, 3.63) is 68.9 Å². The molecular formula is C16H17BrFN. The van der Waals surface area contributed by atoms with Crippen LogP contribution in [0.5, 0.6) is 0 Å². The monoisotopic (exact) mass is 321 g/mol. The number of benzene rings is 2. The van der Waals surface area contributed by atoms with Crippen molar-refractivity contribution in [2.75, 3.05) is 0 Å². The normalized spacial score (nSPS) is 10.7. The van der Waals surface area contributed by atoms with Crippen LogP contribution in [-0.4, -0.2) is 0 Å². The van der Waals surface area contributed by atoms with E-state index in [2.05, 4.69) is 53.3 Å². The van der Waals surface area contributed by atoms with Crippen molar-refractivity contribution >= 4 is 15.9 Å². The van der Waals surface area contributed by atoms with Gasteiger partial charge in [0.1, 0.15) is 5.82 Å². The highest BCUT2D eigenvalue weighted by atomic mass is 79.9. The highest BCUT2D eigenvalue weighted by molar-refractivity contribution is 9.10. The van der Waals surface area contributed by atoms with E-state index in [0.29, 0.717) is 6.54 Å². The van der Waals surface area contributed by atoms with E-state index in [1.807, 2.05) is 0 Å². The van der Waals surface area contributed by atoms with E-state index >= 15 is 0 Å². The SMILES string of the molecule is Cc1cccc(C)c1CNCc1cc(F)ccc1Br. The number of hydrogen-bond donors (Lipinski definition) is 1. The van der Waals surface area contributed by atoms with Crippen LogP contribution >= 0.6 is 15.9 Å². The number of hydrogen-bond acceptors (Lipinski definition) is 1. The molecule has 0 heterocycles. The zero-order valence-corrected chi connectivity index (χ0v) is 12.7. The van der Waals surface area contributed by atoms with Gasteiger partial charge in [0.2, 0.25) is 0 Å². The first-order chi connectivity index (χ1) is 9.08. The van der Waals surface area contributed by atoms with Crippen LogP contribution in [-0.2, 0) is 13.1 Å². The molecule has 0 aromatic heterocycles. The third-order valence-corrected chi connectivity index (χ3v) is 4.04. The molecule has 0 unspecified atom stereocenters. The van der Waals surface area contributed by atoms with E-state index < -0.39 is 0 Å². The number of rotatable bonds is 4. The van der Waals surface area contributed by atoms with Crippen LogP contribution < -0.4 is 5.32 Å². The number of nitrogens with one attached hydrogen (secondary N) is 1. The van der Waals surface area contributed by atoms with Crippen LogP contribution in [0.2, 0.25) is 0 Å². The maximum absolute atomic E-state index is 13.2. The highest BCUT2D eigenvalue weighted by Crippen LogP contribution is 2.18. The molecule has 0 amide bonds. The maximum atomic E-state index is 13.2. The van der Waals surface area contributed by atoms with E-state index in [-0.39, 0.29) is 5.82 Å². The minimum absolute atomic E-state index is 0.202. The van der Waals surface area contributed by atoms with Gasteiger partial charge in [-0.1, -0.05) is 34.1 Å². The van der Waals surface area contributed by atoms with Crippen LogP contribution in [0, 0.1) is 19.7 Å². The molecule has 0 atom stereocenters. The van der Waals surface area contributed by atoms with Gasteiger partial charge in [0.25, 0.3) is 0 Å². The molecule has 0 radical (unpaired) electrons. The fourth-order valence-corrected chi connectivity index (χ4v) is 2.52. The summed E-state index contributed by atoms with van der Waals surface area (Å²) in [6, 6.07) is 11.0. The molecule has 0 saturated carbocycles. The Kier molecular flexibility index (Phi) is 4.72. The minimum Gasteiger partial charge on any atom is -0.309 e. The molecule has 0 spiro atoms. The molecule has 2 aromatic carbocycles. The Morgan fingerprint density at radius 1 is 1.05 bits per heavy atom. The van der Waals surface area contributed by atoms with Crippen LogP contribution in [0.15, 0.2) is 40.9 Å². The standard InChI is InChI=1S/C16H17BrFN/c1-11-4-3-5-12(2)15(11)10-19-9-13-8-14(18)6-7-16(13)17/h3-8,19H,9-10H2,1-2H3. The fraction of sp³-hybridized carbons (Fsp3) is 0.250. The van der Waals surface area contributed by atoms with E-state index in [1.165, 1.54) is 22.8 Å². The predicted octanol–water partition coefficient (Wildman–Crippen LogP) is 4.49. The largest absolute Gasteiger partial charge is 0.309 e. The van der Waals surface area contributed by atoms with Gasteiger partial charge in [-0.05, 0) is 54.3 Å². The van der Waals surface area contributed by atoms with Crippen molar-refractivity contribution in [1.29, 1.82) is 0 Å². The molecule has 0 saturated heterocycles. The van der Waals surface area contributed by atoms with Crippen LogP contribution in [0.4, 0.5) is 4.39 Å². The lowest BCUT2D eigenvalue weighted by Gasteiger charge is -2.11. The molecule has 0 aliphatic heterocycles. The summed E-state index contributed by atoms with van der Waals surface area (Å²) in [7, 11) is 0. The lowest BCUT2D eigenvalue weighted by Crippen LogP contribution is -2.15. The minimum atomic E-state index is -0.202. The highest BCUT2D eigenvalue weighted by Gasteiger charge is 2.04. The molecule has 1 N–H and O–H groups in total. The Morgan fingerprint density at radius 3 is 2.42 bits per heavy atom. The Morgan fingerprint density at radius 2 is 1.74 bits per heavy atom. The predicted molar refractivity (Wildman–Crippen MR) is 80.6 cm³/mol. The summed E-state index contributed by atoms with van der Waals surface area (Å²) in [4.78, 5) is 0. The topological polar surface area (TPSA) is 12.0 Å². The average molecular weight is 322 g/mol. The summed E-state index contributed by atoms with van der Waals surface area (Å²) < 4.78 is 14.1. The summed E-state index contributed by atoms with van der Waals surface area (Å²) in [5.74, 6) is -0.202. The molecule has 2 rings (SSSR count). The molecule has 2 aromatic rings. The second-order valence-electron chi connectivity index (χ2n) is 4.71. The quantitative estimate of drug-likeness (QED) is 0.874. The number of aryl methyl sites for hydroxylation is 2. The third-order valence-electron chi connectivity index (χ3n) is 3.27. The molecule has 0 aliphatic carbocycles. The van der Waals surface area contributed by atoms with Crippen LogP contribution in [0.1, 0.15) is 22.3 Å². The molecule has 1 nitrogen and oxygen atoms in total. The zero-order chi connectivity index (χ0) is 13.8. The molecule has 0 aliphatic rings. The van der Waals surface area contributed by atoms with Gasteiger partial charge in [-0.3, -0.25) is 0 Å². The van der Waals surface area contributed by atoms with Crippen molar-refractivity contribution in [3.8, 4) is 0 Å². The third kappa shape index (κ3) is 3.64. The Bertz CT molecular complexity index is 561. The van der Waals surface area contributed by atoms with E-state index in [4.69, 9.17) is 0 Å². The zero-order valence-electron chi connectivity index (χ0n) is 11.1. The first-order valence-corrected chi connectivity index (χ1v) is 7.07. The van der Waals surface area contributed by atoms with E-state index in [1.54, 1.807) is 12.1 Å². The second kappa shape index (κ2) is 6.31. The Labute approximate surface area is 122 Å². The first-order valence-electron chi connectivity index (χ1n) is 6.27. The van der Waals surface area contributed by atoms with Gasteiger partial charge in [0.15, 0.2) is 0 Å². The summed E-state index contributed by atoms with van der Waals surface area (Å²) in [5.41, 5.74) is 4.82. The summed E-state index contributed by atoms with van der Waals surface area (Å²) in [6.07, 6.45) is 0. The lowest BCUT2D eigenvalue weighted by molar-refractivity contribution is 0.619. The molecule has 100 valence electrons. The van der Waals surface area contributed by atoms with Crippen molar-refractivity contribution < 1.29 is 4.39 Å². The molecule has 0 bridgehead atoms. The van der Waals surface area contributed by atoms with Gasteiger partial charge < -0.3 is 5.32 Å². The Hall–Kier alpha value is -1.19. The summed E-state index contributed by atoms with van der Waals surface area (Å²) in [5, 5.41) is 3.37. The smallest absolute Gasteiger partial charge is 0.123 e. The lowest BCUT2D eigenvalue weighted by atomic mass is 10.0. The molecule has 0 fully saturated rings. The molecule has 19 heavy (non-hydrogen) atoms. The van der Waals surface area contributed by atoms with Crippen LogP contribution in [0.3, 0.4) is 0 Å². The molecular weight excluding hydrogens is 305 g/mol. The van der Waals surface area contributed by atoms with E-state index in [0.717, 1.165) is 16.6 Å². The van der Waals surface area contributed by atoms with Gasteiger partial charge in [0, 0.05) is 17.6 Å². The van der Waals surface area contributed by atoms with E-state index in [9.17, 15) is 4.39 Å². The van der Waals surface area contributed by atoms with Crippen molar-refractivity contribution in [3.63, 3.8) is 0 Å². The summed E-state index contributed by atoms with van der Waals surface area (Å²) in [6.45, 7) is 5.66. The van der Waals surface area contributed by atoms with Gasteiger partial charge in [-0.25, -0.2) is 4.39 Å². The summed E-state index contributed by atoms with van der Waals surface area (Å²) >= 11 is 3.44. The molecule has 3 heteroatoms. The van der Waals surface area contributed by atoms with Crippen molar-refractivity contribution in [1.82, 2.24) is 5.32 Å². The van der Waals surface area contributed by atoms with Gasteiger partial charge in [-0.15, -0.1) is 0 Å². The maximum Gasteiger partial charge on any atom is 0.123 e. The van der Waals surface area contributed by atoms with Crippen molar-refractivity contribution in [2.45, 2.75) is 26.9 Å². The Balaban J connectivity index is 2.02. The first kappa shape index (κ1) is 14.2. The van der Waals surface area contributed by atoms with Gasteiger partial charge in [-0.2, -0.15) is 0 Å². The second-order valence-corrected chi connectivity index (χ2v) is 5.56. The fourth-order valence-electron chi connectivity index (χ4n) is 2.13. The van der Waals surface area contributed by atoms with Gasteiger partial charge in [0.05, 0.1) is 0 Å². The van der Waals surface area contributed by atoms with Crippen molar-refractivity contribution in [2.24, 2.45) is 0 Å². The van der Waals surface area contributed by atoms with Gasteiger partial charge >= 0.3 is 0 Å². The van der Waals surface area contributed by atoms with Crippen LogP contribution in [0.25, 0.3) is 0 Å². The number of halogens is 2. The average Bonchev–Trinajstić information content (AvgIpc) is 2.37.